The lowest BCUT2D eigenvalue weighted by atomic mass is 10.1. The highest BCUT2D eigenvalue weighted by molar-refractivity contribution is 5.96. The van der Waals surface area contributed by atoms with Crippen molar-refractivity contribution in [3.8, 4) is 5.75 Å². The van der Waals surface area contributed by atoms with Crippen molar-refractivity contribution in [3.05, 3.63) is 23.3 Å². The van der Waals surface area contributed by atoms with Crippen molar-refractivity contribution in [3.63, 3.8) is 0 Å². The van der Waals surface area contributed by atoms with Crippen LogP contribution in [-0.4, -0.2) is 24.2 Å². The normalized spacial score (nSPS) is 15.1. The van der Waals surface area contributed by atoms with Gasteiger partial charge in [-0.1, -0.05) is 13.8 Å². The number of benzene rings is 1. The molecule has 1 aliphatic heterocycles. The molecule has 1 aromatic carbocycles. The highest BCUT2D eigenvalue weighted by atomic mass is 19.4. The minimum Gasteiger partial charge on any atom is -0.505 e. The minimum atomic E-state index is -5.18. The maximum Gasteiger partial charge on any atom is 0.420 e. The standard InChI is InChI=1S/C11H8F6N2O2.C2H6/c12-10(13,14)5-3-6(11(15,16)17)8(20)7(4-5)19-2-1-18-9(19)21;1-2/h3-4,20H,1-2H2,(H,18,21);1-2H3. The van der Waals surface area contributed by atoms with Gasteiger partial charge in [-0.25, -0.2) is 4.79 Å². The van der Waals surface area contributed by atoms with Crippen LogP contribution in [0.5, 0.6) is 5.75 Å². The third-order valence-corrected chi connectivity index (χ3v) is 2.87. The van der Waals surface area contributed by atoms with Crippen LogP contribution in [0.25, 0.3) is 0 Å². The largest absolute Gasteiger partial charge is 0.505 e. The van der Waals surface area contributed by atoms with Crippen molar-refractivity contribution in [2.24, 2.45) is 0 Å². The number of carbonyl (C=O) groups is 1. The fourth-order valence-electron chi connectivity index (χ4n) is 1.91. The van der Waals surface area contributed by atoms with Gasteiger partial charge in [-0.05, 0) is 12.1 Å². The molecule has 10 heteroatoms. The van der Waals surface area contributed by atoms with Gasteiger partial charge in [-0.3, -0.25) is 4.90 Å². The molecule has 0 radical (unpaired) electrons. The van der Waals surface area contributed by atoms with Crippen LogP contribution in [0.15, 0.2) is 12.1 Å². The summed E-state index contributed by atoms with van der Waals surface area (Å²) in [6.45, 7) is 3.90. The molecule has 1 aliphatic rings. The SMILES string of the molecule is CC.O=C1NCCN1c1cc(C(F)(F)F)cc(C(F)(F)F)c1O. The van der Waals surface area contributed by atoms with E-state index in [-0.39, 0.29) is 19.2 Å². The van der Waals surface area contributed by atoms with Gasteiger partial charge < -0.3 is 10.4 Å². The molecule has 0 saturated carbocycles. The Hall–Kier alpha value is -2.13. The first-order valence-corrected chi connectivity index (χ1v) is 6.58. The van der Waals surface area contributed by atoms with Crippen LogP contribution < -0.4 is 10.2 Å². The second-order valence-corrected chi connectivity index (χ2v) is 4.27. The van der Waals surface area contributed by atoms with E-state index >= 15 is 0 Å². The number of rotatable bonds is 1. The number of hydrogen-bond donors (Lipinski definition) is 2. The smallest absolute Gasteiger partial charge is 0.420 e. The molecule has 1 fully saturated rings. The molecule has 0 aromatic heterocycles. The number of hydrogen-bond acceptors (Lipinski definition) is 2. The maximum absolute atomic E-state index is 12.7. The van der Waals surface area contributed by atoms with E-state index in [2.05, 4.69) is 5.32 Å². The zero-order valence-corrected chi connectivity index (χ0v) is 12.1. The highest BCUT2D eigenvalue weighted by Crippen LogP contribution is 2.45. The summed E-state index contributed by atoms with van der Waals surface area (Å²) in [6, 6.07) is -0.750. The molecule has 0 spiro atoms. The molecule has 130 valence electrons. The Bertz CT molecular complexity index is 583. The second-order valence-electron chi connectivity index (χ2n) is 4.27. The number of carbonyl (C=O) groups excluding carboxylic acids is 1. The van der Waals surface area contributed by atoms with Crippen LogP contribution in [0.1, 0.15) is 25.0 Å². The molecule has 23 heavy (non-hydrogen) atoms. The number of aromatic hydroxyl groups is 1. The molecule has 4 nitrogen and oxygen atoms in total. The Kier molecular flexibility index (Phi) is 5.39. The first-order chi connectivity index (χ1) is 10.5. The van der Waals surface area contributed by atoms with E-state index in [4.69, 9.17) is 0 Å². The van der Waals surface area contributed by atoms with E-state index < -0.39 is 40.9 Å². The molecule has 1 heterocycles. The molecule has 1 aromatic rings. The Morgan fingerprint density at radius 2 is 1.65 bits per heavy atom. The molecular formula is C13H14F6N2O2. The van der Waals surface area contributed by atoms with Gasteiger partial charge in [0.05, 0.1) is 16.8 Å². The maximum atomic E-state index is 12.7. The Morgan fingerprint density at radius 1 is 1.09 bits per heavy atom. The third kappa shape index (κ3) is 3.99. The van der Waals surface area contributed by atoms with E-state index in [0.717, 1.165) is 0 Å². The van der Waals surface area contributed by atoms with Crippen LogP contribution in [0.4, 0.5) is 36.8 Å². The minimum absolute atomic E-state index is 0.0515. The summed E-state index contributed by atoms with van der Waals surface area (Å²) in [6.07, 6.45) is -10.2. The topological polar surface area (TPSA) is 52.6 Å². The Balaban J connectivity index is 0.00000127. The van der Waals surface area contributed by atoms with Crippen molar-refractivity contribution in [1.29, 1.82) is 0 Å². The summed E-state index contributed by atoms with van der Waals surface area (Å²) in [5.74, 6) is -1.41. The van der Waals surface area contributed by atoms with Crippen LogP contribution in [-0.2, 0) is 12.4 Å². The number of urea groups is 1. The molecule has 1 saturated heterocycles. The predicted molar refractivity (Wildman–Crippen MR) is 70.2 cm³/mol. The summed E-state index contributed by atoms with van der Waals surface area (Å²) >= 11 is 0. The number of amides is 2. The fourth-order valence-corrected chi connectivity index (χ4v) is 1.91. The predicted octanol–water partition coefficient (Wildman–Crippen LogP) is 3.99. The van der Waals surface area contributed by atoms with Gasteiger partial charge in [0.1, 0.15) is 0 Å². The highest BCUT2D eigenvalue weighted by Gasteiger charge is 2.41. The molecule has 0 aliphatic carbocycles. The van der Waals surface area contributed by atoms with Crippen molar-refractivity contribution in [2.75, 3.05) is 18.0 Å². The lowest BCUT2D eigenvalue weighted by Gasteiger charge is -2.21. The lowest BCUT2D eigenvalue weighted by molar-refractivity contribution is -0.143. The second kappa shape index (κ2) is 6.55. The van der Waals surface area contributed by atoms with Crippen molar-refractivity contribution in [1.82, 2.24) is 5.32 Å². The van der Waals surface area contributed by atoms with Crippen molar-refractivity contribution in [2.45, 2.75) is 26.2 Å². The van der Waals surface area contributed by atoms with Crippen LogP contribution >= 0.6 is 0 Å². The molecule has 0 unspecified atom stereocenters. The summed E-state index contributed by atoms with van der Waals surface area (Å²) in [5, 5.41) is 11.8. The van der Waals surface area contributed by atoms with Crippen LogP contribution in [0.3, 0.4) is 0 Å². The third-order valence-electron chi connectivity index (χ3n) is 2.87. The number of phenolic OH excluding ortho intramolecular Hbond substituents is 1. The van der Waals surface area contributed by atoms with Gasteiger partial charge in [0.25, 0.3) is 0 Å². The molecule has 2 rings (SSSR count). The average molecular weight is 344 g/mol. The van der Waals surface area contributed by atoms with E-state index in [1.54, 1.807) is 0 Å². The molecule has 0 atom stereocenters. The van der Waals surface area contributed by atoms with Crippen LogP contribution in [0, 0.1) is 0 Å². The Labute approximate surface area is 127 Å². The number of phenols is 1. The monoisotopic (exact) mass is 344 g/mol. The molecule has 0 bridgehead atoms. The number of nitrogens with zero attached hydrogens (tertiary/aromatic N) is 1. The summed E-state index contributed by atoms with van der Waals surface area (Å²) in [7, 11) is 0. The number of halogens is 6. The number of anilines is 1. The fraction of sp³-hybridized carbons (Fsp3) is 0.462. The van der Waals surface area contributed by atoms with Crippen molar-refractivity contribution < 1.29 is 36.2 Å². The van der Waals surface area contributed by atoms with Gasteiger partial charge in [-0.15, -0.1) is 0 Å². The van der Waals surface area contributed by atoms with E-state index in [1.807, 2.05) is 13.8 Å². The quantitative estimate of drug-likeness (QED) is 0.757. The summed E-state index contributed by atoms with van der Waals surface area (Å²) in [5.41, 5.74) is -4.26. The van der Waals surface area contributed by atoms with Crippen molar-refractivity contribution >= 4 is 11.7 Å². The average Bonchev–Trinajstić information content (AvgIpc) is 2.85. The van der Waals surface area contributed by atoms with E-state index in [9.17, 15) is 36.2 Å². The molecular weight excluding hydrogens is 330 g/mol. The first-order valence-electron chi connectivity index (χ1n) is 6.58. The number of alkyl halides is 6. The van der Waals surface area contributed by atoms with Crippen LogP contribution in [0.2, 0.25) is 0 Å². The zero-order chi connectivity index (χ0) is 18.0. The lowest BCUT2D eigenvalue weighted by Crippen LogP contribution is -2.28. The summed E-state index contributed by atoms with van der Waals surface area (Å²) < 4.78 is 76.3. The molecule has 2 amide bonds. The van der Waals surface area contributed by atoms with Gasteiger partial charge in [-0.2, -0.15) is 26.3 Å². The zero-order valence-electron chi connectivity index (χ0n) is 12.1. The van der Waals surface area contributed by atoms with E-state index in [1.165, 1.54) is 0 Å². The molecule has 2 N–H and O–H groups in total. The Morgan fingerprint density at radius 3 is 2.04 bits per heavy atom. The van der Waals surface area contributed by atoms with Gasteiger partial charge in [0, 0.05) is 13.1 Å². The van der Waals surface area contributed by atoms with Gasteiger partial charge in [0.2, 0.25) is 0 Å². The van der Waals surface area contributed by atoms with Gasteiger partial charge in [0.15, 0.2) is 5.75 Å². The van der Waals surface area contributed by atoms with E-state index in [0.29, 0.717) is 11.0 Å². The first kappa shape index (κ1) is 18.9. The number of nitrogens with one attached hydrogen (secondary N) is 1. The van der Waals surface area contributed by atoms with Gasteiger partial charge >= 0.3 is 18.4 Å². The summed E-state index contributed by atoms with van der Waals surface area (Å²) in [4.78, 5) is 12.0.